The Morgan fingerprint density at radius 2 is 1.23 bits per heavy atom. The summed E-state index contributed by atoms with van der Waals surface area (Å²) in [5.74, 6) is 0. The van der Waals surface area contributed by atoms with Crippen molar-refractivity contribution in [1.82, 2.24) is 4.90 Å². The van der Waals surface area contributed by atoms with Crippen LogP contribution >= 0.6 is 0 Å². The average molecular weight is 400 g/mol. The van der Waals surface area contributed by atoms with Gasteiger partial charge in [0, 0.05) is 13.1 Å². The van der Waals surface area contributed by atoms with Crippen molar-refractivity contribution in [2.45, 2.75) is 38.0 Å². The molecule has 0 aromatic heterocycles. The van der Waals surface area contributed by atoms with Gasteiger partial charge in [-0.15, -0.1) is 6.58 Å². The van der Waals surface area contributed by atoms with E-state index in [4.69, 9.17) is 9.47 Å². The number of hydrogen-bond acceptors (Lipinski definition) is 3. The van der Waals surface area contributed by atoms with Crippen molar-refractivity contribution in [3.05, 3.63) is 120 Å². The van der Waals surface area contributed by atoms with Gasteiger partial charge in [-0.3, -0.25) is 4.90 Å². The van der Waals surface area contributed by atoms with Crippen molar-refractivity contribution in [3.63, 3.8) is 0 Å². The van der Waals surface area contributed by atoms with Gasteiger partial charge in [0.2, 0.25) is 0 Å². The molecule has 3 heteroatoms. The topological polar surface area (TPSA) is 21.7 Å². The molecule has 1 fully saturated rings. The Kier molecular flexibility index (Phi) is 7.09. The molecule has 3 aromatic rings. The zero-order valence-electron chi connectivity index (χ0n) is 17.3. The molecule has 0 unspecified atom stereocenters. The van der Waals surface area contributed by atoms with Crippen LogP contribution in [-0.2, 0) is 29.2 Å². The fourth-order valence-electron chi connectivity index (χ4n) is 4.05. The van der Waals surface area contributed by atoms with E-state index >= 15 is 0 Å². The summed E-state index contributed by atoms with van der Waals surface area (Å²) in [4.78, 5) is 2.41. The van der Waals surface area contributed by atoms with E-state index in [-0.39, 0.29) is 18.2 Å². The highest BCUT2D eigenvalue weighted by atomic mass is 16.5. The van der Waals surface area contributed by atoms with Crippen LogP contribution in [0.15, 0.2) is 104 Å². The van der Waals surface area contributed by atoms with Crippen molar-refractivity contribution >= 4 is 0 Å². The lowest BCUT2D eigenvalue weighted by molar-refractivity contribution is -0.0659. The minimum atomic E-state index is -0.0601. The van der Waals surface area contributed by atoms with E-state index in [1.807, 2.05) is 42.5 Å². The second-order valence-electron chi connectivity index (χ2n) is 7.74. The van der Waals surface area contributed by atoms with Crippen LogP contribution < -0.4 is 0 Å². The van der Waals surface area contributed by atoms with Gasteiger partial charge in [0.1, 0.15) is 6.10 Å². The third-order valence-corrected chi connectivity index (χ3v) is 5.60. The SMILES string of the molecule is C=C[C@@H]1[C@@H](OCc2ccccc2)[C@H](OCc2ccccc2)CN1Cc1ccccc1. The Hall–Kier alpha value is -2.72. The monoisotopic (exact) mass is 399 g/mol. The van der Waals surface area contributed by atoms with Crippen molar-refractivity contribution in [2.75, 3.05) is 6.54 Å². The molecule has 30 heavy (non-hydrogen) atoms. The predicted molar refractivity (Wildman–Crippen MR) is 121 cm³/mol. The molecule has 1 aliphatic heterocycles. The van der Waals surface area contributed by atoms with Gasteiger partial charge in [-0.25, -0.2) is 0 Å². The van der Waals surface area contributed by atoms with Gasteiger partial charge in [-0.1, -0.05) is 97.1 Å². The number of ether oxygens (including phenoxy) is 2. The van der Waals surface area contributed by atoms with Crippen LogP contribution in [0.1, 0.15) is 16.7 Å². The fourth-order valence-corrected chi connectivity index (χ4v) is 4.05. The maximum absolute atomic E-state index is 6.42. The van der Waals surface area contributed by atoms with Crippen LogP contribution in [0.2, 0.25) is 0 Å². The standard InChI is InChI=1S/C27H29NO2/c1-2-25-27(30-21-24-16-10-5-11-17-24)26(29-20-23-14-8-4-9-15-23)19-28(25)18-22-12-6-3-7-13-22/h2-17,25-27H,1,18-21H2/t25-,26-,27-/m1/s1. The summed E-state index contributed by atoms with van der Waals surface area (Å²) in [5.41, 5.74) is 3.63. The van der Waals surface area contributed by atoms with Gasteiger partial charge < -0.3 is 9.47 Å². The second-order valence-corrected chi connectivity index (χ2v) is 7.74. The van der Waals surface area contributed by atoms with Gasteiger partial charge in [-0.2, -0.15) is 0 Å². The summed E-state index contributed by atoms with van der Waals surface area (Å²) in [7, 11) is 0. The molecule has 1 aliphatic rings. The minimum Gasteiger partial charge on any atom is -0.369 e. The minimum absolute atomic E-state index is 0.0133. The lowest BCUT2D eigenvalue weighted by atomic mass is 10.1. The molecule has 3 nitrogen and oxygen atoms in total. The maximum Gasteiger partial charge on any atom is 0.104 e. The van der Waals surface area contributed by atoms with E-state index in [1.165, 1.54) is 16.7 Å². The molecule has 1 heterocycles. The Morgan fingerprint density at radius 3 is 1.77 bits per heavy atom. The first kappa shape index (κ1) is 20.5. The summed E-state index contributed by atoms with van der Waals surface area (Å²) < 4.78 is 12.8. The second kappa shape index (κ2) is 10.4. The highest BCUT2D eigenvalue weighted by Crippen LogP contribution is 2.28. The smallest absolute Gasteiger partial charge is 0.104 e. The zero-order chi connectivity index (χ0) is 20.6. The fraction of sp³-hybridized carbons (Fsp3) is 0.259. The highest BCUT2D eigenvalue weighted by molar-refractivity contribution is 5.18. The summed E-state index contributed by atoms with van der Waals surface area (Å²) >= 11 is 0. The van der Waals surface area contributed by atoms with E-state index in [0.29, 0.717) is 13.2 Å². The van der Waals surface area contributed by atoms with Crippen LogP contribution in [0.4, 0.5) is 0 Å². The molecule has 0 radical (unpaired) electrons. The van der Waals surface area contributed by atoms with Crippen LogP contribution in [0.3, 0.4) is 0 Å². The Morgan fingerprint density at radius 1 is 0.733 bits per heavy atom. The average Bonchev–Trinajstić information content (AvgIpc) is 3.14. The summed E-state index contributed by atoms with van der Waals surface area (Å²) in [6.07, 6.45) is 1.93. The van der Waals surface area contributed by atoms with E-state index < -0.39 is 0 Å². The number of rotatable bonds is 9. The third kappa shape index (κ3) is 5.25. The highest BCUT2D eigenvalue weighted by Gasteiger charge is 2.41. The zero-order valence-corrected chi connectivity index (χ0v) is 17.3. The Balaban J connectivity index is 1.48. The van der Waals surface area contributed by atoms with E-state index in [9.17, 15) is 0 Å². The van der Waals surface area contributed by atoms with Crippen molar-refractivity contribution in [2.24, 2.45) is 0 Å². The number of benzene rings is 3. The van der Waals surface area contributed by atoms with E-state index in [2.05, 4.69) is 66.1 Å². The predicted octanol–water partition coefficient (Wildman–Crippen LogP) is 5.23. The van der Waals surface area contributed by atoms with Gasteiger partial charge in [0.15, 0.2) is 0 Å². The quantitative estimate of drug-likeness (QED) is 0.460. The lowest BCUT2D eigenvalue weighted by Gasteiger charge is -2.26. The van der Waals surface area contributed by atoms with Gasteiger partial charge in [0.25, 0.3) is 0 Å². The molecular formula is C27H29NO2. The summed E-state index contributed by atoms with van der Waals surface area (Å²) in [6.45, 7) is 6.94. The van der Waals surface area contributed by atoms with Crippen molar-refractivity contribution < 1.29 is 9.47 Å². The van der Waals surface area contributed by atoms with E-state index in [1.54, 1.807) is 0 Å². The van der Waals surface area contributed by atoms with Crippen molar-refractivity contribution in [3.8, 4) is 0 Å². The van der Waals surface area contributed by atoms with Crippen LogP contribution in [0.5, 0.6) is 0 Å². The molecule has 1 saturated heterocycles. The maximum atomic E-state index is 6.42. The number of likely N-dealkylation sites (tertiary alicyclic amines) is 1. The van der Waals surface area contributed by atoms with Gasteiger partial charge in [-0.05, 0) is 16.7 Å². The molecule has 0 N–H and O–H groups in total. The first-order valence-electron chi connectivity index (χ1n) is 10.5. The molecular weight excluding hydrogens is 370 g/mol. The van der Waals surface area contributed by atoms with Crippen LogP contribution in [0.25, 0.3) is 0 Å². The first-order chi connectivity index (χ1) is 14.8. The molecule has 0 spiro atoms. The molecule has 0 saturated carbocycles. The largest absolute Gasteiger partial charge is 0.369 e. The summed E-state index contributed by atoms with van der Waals surface area (Å²) in [6, 6.07) is 31.3. The Bertz CT molecular complexity index is 898. The first-order valence-corrected chi connectivity index (χ1v) is 10.5. The van der Waals surface area contributed by atoms with E-state index in [0.717, 1.165) is 13.1 Å². The van der Waals surface area contributed by atoms with Crippen molar-refractivity contribution in [1.29, 1.82) is 0 Å². The molecule has 3 aromatic carbocycles. The third-order valence-electron chi connectivity index (χ3n) is 5.60. The van der Waals surface area contributed by atoms with Gasteiger partial charge in [0.05, 0.1) is 25.4 Å². The summed E-state index contributed by atoms with van der Waals surface area (Å²) in [5, 5.41) is 0. The van der Waals surface area contributed by atoms with Crippen LogP contribution in [0, 0.1) is 0 Å². The van der Waals surface area contributed by atoms with Crippen LogP contribution in [-0.4, -0.2) is 29.7 Å². The Labute approximate surface area is 179 Å². The molecule has 0 aliphatic carbocycles. The molecule has 4 rings (SSSR count). The molecule has 3 atom stereocenters. The molecule has 154 valence electrons. The molecule has 0 bridgehead atoms. The number of hydrogen-bond donors (Lipinski definition) is 0. The van der Waals surface area contributed by atoms with Gasteiger partial charge >= 0.3 is 0 Å². The normalized spacial score (nSPS) is 21.5. The molecule has 0 amide bonds. The number of nitrogens with zero attached hydrogens (tertiary/aromatic N) is 1. The lowest BCUT2D eigenvalue weighted by Crippen LogP contribution is -2.36.